The maximum absolute atomic E-state index is 11.8. The van der Waals surface area contributed by atoms with Gasteiger partial charge < -0.3 is 16.4 Å². The molecule has 22 heavy (non-hydrogen) atoms. The molecule has 124 valence electrons. The minimum absolute atomic E-state index is 0. The molecule has 2 unspecified atom stereocenters. The summed E-state index contributed by atoms with van der Waals surface area (Å²) in [5.41, 5.74) is 6.29. The zero-order valence-electron chi connectivity index (χ0n) is 12.2. The third kappa shape index (κ3) is 6.17. The number of aromatic nitrogens is 1. The first-order valence-electron chi connectivity index (χ1n) is 6.88. The number of pyridine rings is 1. The second kappa shape index (κ2) is 10.4. The fraction of sp³-hybridized carbons (Fsp3) is 0.500. The average molecular weight is 349 g/mol. The number of halogens is 2. The van der Waals surface area contributed by atoms with Crippen molar-refractivity contribution in [3.05, 3.63) is 30.1 Å². The molecule has 0 aliphatic heterocycles. The monoisotopic (exact) mass is 348 g/mol. The minimum atomic E-state index is -0.185. The number of nitrogens with zero attached hydrogens (tertiary/aromatic N) is 1. The van der Waals surface area contributed by atoms with Crippen LogP contribution in [-0.4, -0.2) is 35.9 Å². The van der Waals surface area contributed by atoms with E-state index in [0.717, 1.165) is 19.3 Å². The van der Waals surface area contributed by atoms with Gasteiger partial charge in [0, 0.05) is 37.4 Å². The lowest BCUT2D eigenvalue weighted by molar-refractivity contribution is -0.124. The molecule has 4 N–H and O–H groups in total. The first kappa shape index (κ1) is 20.6. The van der Waals surface area contributed by atoms with Crippen molar-refractivity contribution in [2.24, 2.45) is 11.7 Å². The molecule has 0 spiro atoms. The molecule has 2 atom stereocenters. The highest BCUT2D eigenvalue weighted by atomic mass is 35.5. The summed E-state index contributed by atoms with van der Waals surface area (Å²) in [7, 11) is 0. The van der Waals surface area contributed by atoms with Crippen LogP contribution >= 0.6 is 24.8 Å². The summed E-state index contributed by atoms with van der Waals surface area (Å²) in [6.45, 7) is 0.828. The van der Waals surface area contributed by atoms with E-state index in [-0.39, 0.29) is 48.6 Å². The molecule has 1 aromatic rings. The van der Waals surface area contributed by atoms with E-state index < -0.39 is 0 Å². The van der Waals surface area contributed by atoms with E-state index in [1.807, 2.05) is 0 Å². The molecule has 1 aromatic heterocycles. The molecule has 0 aromatic carbocycles. The van der Waals surface area contributed by atoms with Crippen LogP contribution in [0.1, 0.15) is 29.6 Å². The van der Waals surface area contributed by atoms with Gasteiger partial charge >= 0.3 is 0 Å². The molecule has 6 nitrogen and oxygen atoms in total. The lowest BCUT2D eigenvalue weighted by Gasteiger charge is -2.11. The Morgan fingerprint density at radius 2 is 1.95 bits per heavy atom. The third-order valence-corrected chi connectivity index (χ3v) is 3.48. The van der Waals surface area contributed by atoms with Crippen molar-refractivity contribution in [1.82, 2.24) is 15.6 Å². The number of amides is 2. The number of carbonyl (C=O) groups is 2. The zero-order valence-corrected chi connectivity index (χ0v) is 13.8. The van der Waals surface area contributed by atoms with E-state index in [1.165, 1.54) is 6.20 Å². The van der Waals surface area contributed by atoms with Gasteiger partial charge in [-0.3, -0.25) is 14.6 Å². The van der Waals surface area contributed by atoms with E-state index in [2.05, 4.69) is 15.6 Å². The zero-order chi connectivity index (χ0) is 14.4. The molecule has 1 aliphatic rings. The van der Waals surface area contributed by atoms with Crippen LogP contribution in [0.25, 0.3) is 0 Å². The van der Waals surface area contributed by atoms with Crippen LogP contribution in [0, 0.1) is 5.92 Å². The van der Waals surface area contributed by atoms with Gasteiger partial charge in [-0.1, -0.05) is 0 Å². The molecule has 8 heteroatoms. The Hall–Kier alpha value is -1.37. The summed E-state index contributed by atoms with van der Waals surface area (Å²) in [6, 6.07) is 3.55. The van der Waals surface area contributed by atoms with E-state index >= 15 is 0 Å². The predicted molar refractivity (Wildman–Crippen MR) is 89.4 cm³/mol. The fourth-order valence-electron chi connectivity index (χ4n) is 2.36. The molecule has 0 bridgehead atoms. The largest absolute Gasteiger partial charge is 0.354 e. The van der Waals surface area contributed by atoms with E-state index in [1.54, 1.807) is 18.3 Å². The highest BCUT2D eigenvalue weighted by Crippen LogP contribution is 2.23. The van der Waals surface area contributed by atoms with Gasteiger partial charge in [0.05, 0.1) is 5.56 Å². The first-order chi connectivity index (χ1) is 9.66. The van der Waals surface area contributed by atoms with E-state index in [4.69, 9.17) is 5.73 Å². The molecule has 1 fully saturated rings. The molecule has 1 heterocycles. The van der Waals surface area contributed by atoms with Crippen molar-refractivity contribution in [2.75, 3.05) is 13.1 Å². The Kier molecular flexibility index (Phi) is 9.73. The average Bonchev–Trinajstić information content (AvgIpc) is 2.91. The highest BCUT2D eigenvalue weighted by Gasteiger charge is 2.27. The van der Waals surface area contributed by atoms with Crippen LogP contribution in [0.3, 0.4) is 0 Å². The van der Waals surface area contributed by atoms with Crippen molar-refractivity contribution < 1.29 is 9.59 Å². The van der Waals surface area contributed by atoms with Crippen LogP contribution < -0.4 is 16.4 Å². The van der Waals surface area contributed by atoms with Gasteiger partial charge in [-0.05, 0) is 31.4 Å². The molecule has 2 rings (SSSR count). The molecular formula is C14H22Cl2N4O2. The topological polar surface area (TPSA) is 97.1 Å². The van der Waals surface area contributed by atoms with Crippen molar-refractivity contribution in [1.29, 1.82) is 0 Å². The number of carbonyl (C=O) groups excluding carboxylic acids is 2. The highest BCUT2D eigenvalue weighted by molar-refractivity contribution is 5.93. The van der Waals surface area contributed by atoms with E-state index in [0.29, 0.717) is 18.7 Å². The summed E-state index contributed by atoms with van der Waals surface area (Å²) in [4.78, 5) is 27.4. The number of rotatable bonds is 5. The summed E-state index contributed by atoms with van der Waals surface area (Å²) < 4.78 is 0. The molecular weight excluding hydrogens is 327 g/mol. The lowest BCUT2D eigenvalue weighted by Crippen LogP contribution is -2.37. The van der Waals surface area contributed by atoms with E-state index in [9.17, 15) is 9.59 Å². The van der Waals surface area contributed by atoms with Crippen LogP contribution in [0.5, 0.6) is 0 Å². The maximum Gasteiger partial charge on any atom is 0.252 e. The Morgan fingerprint density at radius 3 is 2.55 bits per heavy atom. The number of nitrogens with two attached hydrogens (primary N) is 1. The summed E-state index contributed by atoms with van der Waals surface area (Å²) >= 11 is 0. The van der Waals surface area contributed by atoms with Gasteiger partial charge in [-0.25, -0.2) is 0 Å². The van der Waals surface area contributed by atoms with Gasteiger partial charge in [0.2, 0.25) is 5.91 Å². The number of hydrogen-bond donors (Lipinski definition) is 3. The molecule has 2 amide bonds. The third-order valence-electron chi connectivity index (χ3n) is 3.48. The summed E-state index contributed by atoms with van der Waals surface area (Å²) in [5.74, 6) is -0.122. The van der Waals surface area contributed by atoms with Crippen LogP contribution in [0.2, 0.25) is 0 Å². The maximum atomic E-state index is 11.8. The van der Waals surface area contributed by atoms with Crippen LogP contribution in [0.4, 0.5) is 0 Å². The predicted octanol–water partition coefficient (Wildman–Crippen LogP) is 0.899. The summed E-state index contributed by atoms with van der Waals surface area (Å²) in [5, 5.41) is 5.56. The Bertz CT molecular complexity index is 473. The van der Waals surface area contributed by atoms with Crippen LogP contribution in [0.15, 0.2) is 24.5 Å². The SMILES string of the molecule is Cl.Cl.NC1CCC(C(=O)NCCNC(=O)c2cccnc2)C1. The van der Waals surface area contributed by atoms with Gasteiger partial charge in [-0.2, -0.15) is 0 Å². The van der Waals surface area contributed by atoms with Crippen LogP contribution in [-0.2, 0) is 4.79 Å². The smallest absolute Gasteiger partial charge is 0.252 e. The Balaban J connectivity index is 0.00000220. The number of hydrogen-bond acceptors (Lipinski definition) is 4. The standard InChI is InChI=1S/C14H20N4O2.2ClH/c15-12-4-3-10(8-12)13(19)17-6-7-18-14(20)11-2-1-5-16-9-11;;/h1-2,5,9-10,12H,3-4,6-8,15H2,(H,17,19)(H,18,20);2*1H. The Labute approximate surface area is 142 Å². The first-order valence-corrected chi connectivity index (χ1v) is 6.88. The van der Waals surface area contributed by atoms with Gasteiger partial charge in [0.15, 0.2) is 0 Å². The summed E-state index contributed by atoms with van der Waals surface area (Å²) in [6.07, 6.45) is 5.65. The lowest BCUT2D eigenvalue weighted by atomic mass is 10.1. The quantitative estimate of drug-likeness (QED) is 0.688. The van der Waals surface area contributed by atoms with Crippen molar-refractivity contribution >= 4 is 36.6 Å². The second-order valence-electron chi connectivity index (χ2n) is 5.06. The fourth-order valence-corrected chi connectivity index (χ4v) is 2.36. The molecule has 0 saturated heterocycles. The van der Waals surface area contributed by atoms with Crippen molar-refractivity contribution in [2.45, 2.75) is 25.3 Å². The van der Waals surface area contributed by atoms with Crippen molar-refractivity contribution in [3.8, 4) is 0 Å². The normalized spacial score (nSPS) is 19.5. The van der Waals surface area contributed by atoms with Crippen molar-refractivity contribution in [3.63, 3.8) is 0 Å². The molecule has 1 saturated carbocycles. The van der Waals surface area contributed by atoms with Gasteiger partial charge in [-0.15, -0.1) is 24.8 Å². The number of nitrogens with one attached hydrogen (secondary N) is 2. The molecule has 1 aliphatic carbocycles. The Morgan fingerprint density at radius 1 is 1.23 bits per heavy atom. The second-order valence-corrected chi connectivity index (χ2v) is 5.06. The van der Waals surface area contributed by atoms with Gasteiger partial charge in [0.1, 0.15) is 0 Å². The molecule has 0 radical (unpaired) electrons. The minimum Gasteiger partial charge on any atom is -0.354 e. The van der Waals surface area contributed by atoms with Gasteiger partial charge in [0.25, 0.3) is 5.91 Å².